The van der Waals surface area contributed by atoms with Gasteiger partial charge in [0.1, 0.15) is 5.82 Å². The van der Waals surface area contributed by atoms with Gasteiger partial charge in [0, 0.05) is 32.8 Å². The van der Waals surface area contributed by atoms with Crippen LogP contribution in [-0.4, -0.2) is 51.6 Å². The number of hydrogen-bond donors (Lipinski definition) is 1. The van der Waals surface area contributed by atoms with Crippen LogP contribution in [0.1, 0.15) is 45.7 Å². The molecule has 0 aliphatic carbocycles. The average molecular weight is 450 g/mol. The van der Waals surface area contributed by atoms with Gasteiger partial charge in [0.2, 0.25) is 0 Å². The second-order valence-electron chi connectivity index (χ2n) is 8.78. The van der Waals surface area contributed by atoms with Gasteiger partial charge in [-0.15, -0.1) is 5.10 Å². The van der Waals surface area contributed by atoms with Crippen LogP contribution in [0.2, 0.25) is 0 Å². The fraction of sp³-hybridized carbons (Fsp3) is 0.400. The third kappa shape index (κ3) is 4.67. The van der Waals surface area contributed by atoms with Crippen molar-refractivity contribution >= 4 is 5.91 Å². The SMILES string of the molecule is Cc1c(C(=O)NC[C@H]2CCCO2)nnn1-c1cccc2c1CCN(Cc1ccc(F)cc1)C2. The van der Waals surface area contributed by atoms with Crippen molar-refractivity contribution < 1.29 is 13.9 Å². The Hall–Kier alpha value is -3.10. The van der Waals surface area contributed by atoms with Crippen molar-refractivity contribution in [2.45, 2.75) is 45.4 Å². The minimum atomic E-state index is -0.218. The maximum absolute atomic E-state index is 13.2. The first-order chi connectivity index (χ1) is 16.1. The summed E-state index contributed by atoms with van der Waals surface area (Å²) in [6, 6.07) is 12.9. The van der Waals surface area contributed by atoms with E-state index in [1.165, 1.54) is 23.3 Å². The molecule has 0 unspecified atom stereocenters. The normalized spacial score (nSPS) is 18.3. The zero-order chi connectivity index (χ0) is 22.8. The maximum Gasteiger partial charge on any atom is 0.273 e. The Morgan fingerprint density at radius 2 is 2.09 bits per heavy atom. The topological polar surface area (TPSA) is 72.3 Å². The molecule has 2 aromatic carbocycles. The Balaban J connectivity index is 1.31. The van der Waals surface area contributed by atoms with E-state index in [0.717, 1.165) is 62.4 Å². The van der Waals surface area contributed by atoms with E-state index in [9.17, 15) is 9.18 Å². The van der Waals surface area contributed by atoms with Crippen LogP contribution in [0.3, 0.4) is 0 Å². The van der Waals surface area contributed by atoms with Crippen LogP contribution in [0.4, 0.5) is 4.39 Å². The van der Waals surface area contributed by atoms with Gasteiger partial charge < -0.3 is 10.1 Å². The molecule has 3 aromatic rings. The van der Waals surface area contributed by atoms with Crippen molar-refractivity contribution in [2.24, 2.45) is 0 Å². The number of nitrogens with zero attached hydrogens (tertiary/aromatic N) is 4. The van der Waals surface area contributed by atoms with Gasteiger partial charge in [-0.2, -0.15) is 0 Å². The Bertz CT molecular complexity index is 1140. The van der Waals surface area contributed by atoms with Crippen LogP contribution < -0.4 is 5.32 Å². The minimum absolute atomic E-state index is 0.0864. The third-order valence-corrected chi connectivity index (χ3v) is 6.49. The van der Waals surface area contributed by atoms with E-state index >= 15 is 0 Å². The first kappa shape index (κ1) is 21.7. The Morgan fingerprint density at radius 1 is 1.24 bits per heavy atom. The predicted molar refractivity (Wildman–Crippen MR) is 122 cm³/mol. The summed E-state index contributed by atoms with van der Waals surface area (Å²) < 4.78 is 20.6. The number of halogens is 1. The Morgan fingerprint density at radius 3 is 2.88 bits per heavy atom. The van der Waals surface area contributed by atoms with Gasteiger partial charge in [-0.3, -0.25) is 9.69 Å². The zero-order valence-corrected chi connectivity index (χ0v) is 18.8. The molecule has 7 nitrogen and oxygen atoms in total. The summed E-state index contributed by atoms with van der Waals surface area (Å²) in [4.78, 5) is 15.0. The van der Waals surface area contributed by atoms with Gasteiger partial charge in [-0.25, -0.2) is 9.07 Å². The van der Waals surface area contributed by atoms with Gasteiger partial charge in [-0.1, -0.05) is 29.5 Å². The molecule has 0 radical (unpaired) electrons. The maximum atomic E-state index is 13.2. The number of ether oxygens (including phenoxy) is 1. The largest absolute Gasteiger partial charge is 0.376 e. The van der Waals surface area contributed by atoms with Crippen LogP contribution >= 0.6 is 0 Å². The molecule has 2 aliphatic heterocycles. The van der Waals surface area contributed by atoms with E-state index in [1.54, 1.807) is 4.68 Å². The molecule has 0 saturated carbocycles. The lowest BCUT2D eigenvalue weighted by Gasteiger charge is -2.30. The van der Waals surface area contributed by atoms with Crippen LogP contribution in [0, 0.1) is 12.7 Å². The number of benzene rings is 2. The molecule has 1 amide bonds. The molecule has 8 heteroatoms. The van der Waals surface area contributed by atoms with Crippen LogP contribution in [0.25, 0.3) is 5.69 Å². The average Bonchev–Trinajstić information content (AvgIpc) is 3.48. The molecule has 3 heterocycles. The highest BCUT2D eigenvalue weighted by molar-refractivity contribution is 5.93. The molecule has 0 spiro atoms. The van der Waals surface area contributed by atoms with Gasteiger partial charge in [-0.05, 0) is 61.1 Å². The molecule has 33 heavy (non-hydrogen) atoms. The van der Waals surface area contributed by atoms with Crippen molar-refractivity contribution in [3.8, 4) is 5.69 Å². The lowest BCUT2D eigenvalue weighted by atomic mass is 9.97. The molecule has 1 N–H and O–H groups in total. The molecule has 1 saturated heterocycles. The van der Waals surface area contributed by atoms with Gasteiger partial charge >= 0.3 is 0 Å². The third-order valence-electron chi connectivity index (χ3n) is 6.49. The summed E-state index contributed by atoms with van der Waals surface area (Å²) in [7, 11) is 0. The van der Waals surface area contributed by atoms with E-state index in [4.69, 9.17) is 4.74 Å². The summed E-state index contributed by atoms with van der Waals surface area (Å²) >= 11 is 0. The highest BCUT2D eigenvalue weighted by atomic mass is 19.1. The number of carbonyl (C=O) groups excluding carboxylic acids is 1. The molecule has 2 aliphatic rings. The van der Waals surface area contributed by atoms with Crippen LogP contribution in [-0.2, 0) is 24.2 Å². The molecule has 1 aromatic heterocycles. The lowest BCUT2D eigenvalue weighted by molar-refractivity contribution is 0.0853. The first-order valence-electron chi connectivity index (χ1n) is 11.5. The fourth-order valence-electron chi connectivity index (χ4n) is 4.69. The highest BCUT2D eigenvalue weighted by Crippen LogP contribution is 2.27. The van der Waals surface area contributed by atoms with Crippen molar-refractivity contribution in [3.63, 3.8) is 0 Å². The predicted octanol–water partition coefficient (Wildman–Crippen LogP) is 3.18. The number of fused-ring (bicyclic) bond motifs is 1. The van der Waals surface area contributed by atoms with E-state index in [2.05, 4.69) is 26.6 Å². The first-order valence-corrected chi connectivity index (χ1v) is 11.5. The second kappa shape index (κ2) is 9.41. The quantitative estimate of drug-likeness (QED) is 0.626. The molecular formula is C25H28FN5O2. The summed E-state index contributed by atoms with van der Waals surface area (Å²) in [5, 5.41) is 11.4. The van der Waals surface area contributed by atoms with Gasteiger partial charge in [0.05, 0.1) is 17.5 Å². The van der Waals surface area contributed by atoms with E-state index < -0.39 is 0 Å². The van der Waals surface area contributed by atoms with Crippen molar-refractivity contribution in [1.82, 2.24) is 25.2 Å². The standard InChI is InChI=1S/C25H28FN5O2/c1-17-24(25(32)27-14-21-5-3-13-33-21)28-29-31(17)23-6-2-4-19-16-30(12-11-22(19)23)15-18-7-9-20(26)10-8-18/h2,4,6-10,21H,3,5,11-16H2,1H3,(H,27,32)/t21-/m1/s1. The molecule has 0 bridgehead atoms. The summed E-state index contributed by atoms with van der Waals surface area (Å²) in [5.74, 6) is -0.431. The Labute approximate surface area is 192 Å². The molecule has 5 rings (SSSR count). The molecule has 1 fully saturated rings. The fourth-order valence-corrected chi connectivity index (χ4v) is 4.69. The highest BCUT2D eigenvalue weighted by Gasteiger charge is 2.24. The summed E-state index contributed by atoms with van der Waals surface area (Å²) in [5.41, 5.74) is 5.60. The molecular weight excluding hydrogens is 421 g/mol. The van der Waals surface area contributed by atoms with Crippen molar-refractivity contribution in [2.75, 3.05) is 19.7 Å². The van der Waals surface area contributed by atoms with E-state index in [1.807, 2.05) is 31.2 Å². The monoisotopic (exact) mass is 449 g/mol. The van der Waals surface area contributed by atoms with Gasteiger partial charge in [0.25, 0.3) is 5.91 Å². The number of aromatic nitrogens is 3. The number of hydrogen-bond acceptors (Lipinski definition) is 5. The lowest BCUT2D eigenvalue weighted by Crippen LogP contribution is -2.32. The number of amides is 1. The van der Waals surface area contributed by atoms with Crippen LogP contribution in [0.5, 0.6) is 0 Å². The van der Waals surface area contributed by atoms with Gasteiger partial charge in [0.15, 0.2) is 5.69 Å². The number of nitrogens with one attached hydrogen (secondary N) is 1. The van der Waals surface area contributed by atoms with Crippen molar-refractivity contribution in [3.05, 3.63) is 76.4 Å². The zero-order valence-electron chi connectivity index (χ0n) is 18.8. The minimum Gasteiger partial charge on any atom is -0.376 e. The molecule has 1 atom stereocenters. The summed E-state index contributed by atoms with van der Waals surface area (Å²) in [6.45, 7) is 5.62. The van der Waals surface area contributed by atoms with E-state index in [0.29, 0.717) is 12.2 Å². The van der Waals surface area contributed by atoms with Crippen molar-refractivity contribution in [1.29, 1.82) is 0 Å². The summed E-state index contributed by atoms with van der Waals surface area (Å²) in [6.07, 6.45) is 2.96. The smallest absolute Gasteiger partial charge is 0.273 e. The molecule has 172 valence electrons. The number of carbonyl (C=O) groups is 1. The Kier molecular flexibility index (Phi) is 6.20. The second-order valence-corrected chi connectivity index (χ2v) is 8.78. The van der Waals surface area contributed by atoms with Crippen LogP contribution in [0.15, 0.2) is 42.5 Å². The van der Waals surface area contributed by atoms with E-state index in [-0.39, 0.29) is 17.8 Å². The number of rotatable bonds is 6.